The monoisotopic (exact) mass is 231 g/mol. The summed E-state index contributed by atoms with van der Waals surface area (Å²) in [5.74, 6) is 1.82. The van der Waals surface area contributed by atoms with Gasteiger partial charge in [-0.05, 0) is 30.9 Å². The Hall–Kier alpha value is -2.04. The molecule has 1 aromatic heterocycles. The minimum atomic E-state index is 0.0617. The summed E-state index contributed by atoms with van der Waals surface area (Å²) in [6.45, 7) is 0. The van der Waals surface area contributed by atoms with Gasteiger partial charge in [0.2, 0.25) is 0 Å². The zero-order valence-electron chi connectivity index (χ0n) is 9.26. The van der Waals surface area contributed by atoms with Crippen LogP contribution in [0.25, 0.3) is 11.5 Å². The molecule has 1 saturated carbocycles. The molecule has 0 radical (unpaired) electrons. The van der Waals surface area contributed by atoms with E-state index in [0.717, 1.165) is 6.42 Å². The van der Waals surface area contributed by atoms with Gasteiger partial charge in [-0.1, -0.05) is 5.16 Å². The average molecular weight is 231 g/mol. The van der Waals surface area contributed by atoms with E-state index in [-0.39, 0.29) is 5.75 Å². The number of hydrogen-bond donors (Lipinski definition) is 2. The molecule has 1 aliphatic rings. The van der Waals surface area contributed by atoms with Crippen molar-refractivity contribution in [1.29, 1.82) is 0 Å². The molecule has 0 spiro atoms. The zero-order chi connectivity index (χ0) is 11.8. The lowest BCUT2D eigenvalue weighted by Crippen LogP contribution is -1.89. The Morgan fingerprint density at radius 3 is 2.94 bits per heavy atom. The molecule has 88 valence electrons. The van der Waals surface area contributed by atoms with Crippen LogP contribution in [-0.2, 0) is 6.42 Å². The fraction of sp³-hybridized carbons (Fsp3) is 0.333. The van der Waals surface area contributed by atoms with Crippen LogP contribution in [0.5, 0.6) is 5.75 Å². The van der Waals surface area contributed by atoms with Crippen molar-refractivity contribution in [3.63, 3.8) is 0 Å². The second-order valence-electron chi connectivity index (χ2n) is 4.44. The molecule has 5 heteroatoms. The fourth-order valence-electron chi connectivity index (χ4n) is 1.76. The number of phenolic OH excluding ortho intramolecular Hbond substituents is 1. The van der Waals surface area contributed by atoms with Gasteiger partial charge >= 0.3 is 0 Å². The van der Waals surface area contributed by atoms with E-state index in [1.54, 1.807) is 12.1 Å². The summed E-state index contributed by atoms with van der Waals surface area (Å²) >= 11 is 0. The van der Waals surface area contributed by atoms with Crippen molar-refractivity contribution in [3.8, 4) is 17.2 Å². The Bertz CT molecular complexity index is 546. The Balaban J connectivity index is 1.89. The zero-order valence-corrected chi connectivity index (χ0v) is 9.26. The topological polar surface area (TPSA) is 85.2 Å². The van der Waals surface area contributed by atoms with E-state index in [9.17, 15) is 5.11 Å². The quantitative estimate of drug-likeness (QED) is 0.789. The third kappa shape index (κ3) is 2.08. The summed E-state index contributed by atoms with van der Waals surface area (Å²) in [5.41, 5.74) is 6.58. The molecule has 0 unspecified atom stereocenters. The highest BCUT2D eigenvalue weighted by molar-refractivity contribution is 5.66. The lowest BCUT2D eigenvalue weighted by Gasteiger charge is -1.99. The van der Waals surface area contributed by atoms with Crippen LogP contribution in [0.1, 0.15) is 18.7 Å². The van der Waals surface area contributed by atoms with Crippen LogP contribution in [0, 0.1) is 5.92 Å². The maximum absolute atomic E-state index is 9.74. The van der Waals surface area contributed by atoms with Crippen molar-refractivity contribution in [1.82, 2.24) is 10.1 Å². The van der Waals surface area contributed by atoms with Crippen molar-refractivity contribution in [2.24, 2.45) is 5.92 Å². The minimum absolute atomic E-state index is 0.0617. The summed E-state index contributed by atoms with van der Waals surface area (Å²) in [4.78, 5) is 4.27. The molecule has 1 heterocycles. The van der Waals surface area contributed by atoms with Crippen molar-refractivity contribution in [2.75, 3.05) is 5.73 Å². The molecule has 0 saturated heterocycles. The summed E-state index contributed by atoms with van der Waals surface area (Å²) in [5, 5.41) is 13.6. The average Bonchev–Trinajstić information content (AvgIpc) is 2.96. The first kappa shape index (κ1) is 10.1. The third-order valence-electron chi connectivity index (χ3n) is 2.89. The van der Waals surface area contributed by atoms with Crippen molar-refractivity contribution < 1.29 is 9.63 Å². The van der Waals surface area contributed by atoms with Gasteiger partial charge in [0.1, 0.15) is 5.75 Å². The molecule has 1 aromatic carbocycles. The van der Waals surface area contributed by atoms with Gasteiger partial charge in [-0.15, -0.1) is 0 Å². The molecular weight excluding hydrogens is 218 g/mol. The molecule has 0 bridgehead atoms. The Kier molecular flexibility index (Phi) is 2.24. The largest absolute Gasteiger partial charge is 0.507 e. The third-order valence-corrected chi connectivity index (χ3v) is 2.89. The van der Waals surface area contributed by atoms with Crippen molar-refractivity contribution >= 4 is 5.69 Å². The van der Waals surface area contributed by atoms with Gasteiger partial charge in [0.05, 0.1) is 5.56 Å². The second kappa shape index (κ2) is 3.76. The number of nitrogens with two attached hydrogens (primary N) is 1. The van der Waals surface area contributed by atoms with E-state index in [1.165, 1.54) is 18.9 Å². The molecule has 1 fully saturated rings. The first-order chi connectivity index (χ1) is 8.22. The normalized spacial score (nSPS) is 15.1. The van der Waals surface area contributed by atoms with Crippen molar-refractivity contribution in [3.05, 3.63) is 24.0 Å². The van der Waals surface area contributed by atoms with E-state index in [1.807, 2.05) is 0 Å². The van der Waals surface area contributed by atoms with E-state index >= 15 is 0 Å². The molecule has 3 N–H and O–H groups in total. The number of phenols is 1. The van der Waals surface area contributed by atoms with Crippen LogP contribution in [-0.4, -0.2) is 15.2 Å². The molecule has 0 atom stereocenters. The van der Waals surface area contributed by atoms with Gasteiger partial charge in [0.25, 0.3) is 5.89 Å². The predicted octanol–water partition coefficient (Wildman–Crippen LogP) is 1.98. The van der Waals surface area contributed by atoms with E-state index in [4.69, 9.17) is 10.3 Å². The maximum Gasteiger partial charge on any atom is 0.261 e. The smallest absolute Gasteiger partial charge is 0.261 e. The molecule has 1 aliphatic carbocycles. The highest BCUT2D eigenvalue weighted by Crippen LogP contribution is 2.33. The number of benzene rings is 1. The van der Waals surface area contributed by atoms with E-state index in [2.05, 4.69) is 10.1 Å². The first-order valence-electron chi connectivity index (χ1n) is 5.64. The molecule has 5 nitrogen and oxygen atoms in total. The fourth-order valence-corrected chi connectivity index (χ4v) is 1.76. The molecule has 3 rings (SSSR count). The Morgan fingerprint density at radius 2 is 2.24 bits per heavy atom. The number of anilines is 1. The molecule has 2 aromatic rings. The van der Waals surface area contributed by atoms with Crippen LogP contribution in [0.15, 0.2) is 22.7 Å². The SMILES string of the molecule is Nc1ccc(-c2nc(CC3CC3)no2)c(O)c1. The summed E-state index contributed by atoms with van der Waals surface area (Å²) in [7, 11) is 0. The summed E-state index contributed by atoms with van der Waals surface area (Å²) in [6, 6.07) is 4.85. The highest BCUT2D eigenvalue weighted by atomic mass is 16.5. The number of nitrogen functional groups attached to an aromatic ring is 1. The van der Waals surface area contributed by atoms with Crippen LogP contribution in [0.2, 0.25) is 0 Å². The van der Waals surface area contributed by atoms with Crippen LogP contribution >= 0.6 is 0 Å². The minimum Gasteiger partial charge on any atom is -0.507 e. The number of aromatic nitrogens is 2. The summed E-state index contributed by atoms with van der Waals surface area (Å²) < 4.78 is 5.14. The Morgan fingerprint density at radius 1 is 1.41 bits per heavy atom. The molecule has 0 aliphatic heterocycles. The second-order valence-corrected chi connectivity index (χ2v) is 4.44. The lowest BCUT2D eigenvalue weighted by atomic mass is 10.2. The van der Waals surface area contributed by atoms with Crippen molar-refractivity contribution in [2.45, 2.75) is 19.3 Å². The Labute approximate surface area is 98.3 Å². The van der Waals surface area contributed by atoms with Gasteiger partial charge in [-0.2, -0.15) is 4.98 Å². The first-order valence-corrected chi connectivity index (χ1v) is 5.64. The van der Waals surface area contributed by atoms with E-state index < -0.39 is 0 Å². The van der Waals surface area contributed by atoms with Crippen LogP contribution in [0.4, 0.5) is 5.69 Å². The molecule has 17 heavy (non-hydrogen) atoms. The molecular formula is C12H13N3O2. The van der Waals surface area contributed by atoms with Crippen LogP contribution < -0.4 is 5.73 Å². The van der Waals surface area contributed by atoms with Gasteiger partial charge in [-0.25, -0.2) is 0 Å². The predicted molar refractivity (Wildman–Crippen MR) is 62.2 cm³/mol. The standard InChI is InChI=1S/C12H13N3O2/c13-8-3-4-9(10(16)6-8)12-14-11(15-17-12)5-7-1-2-7/h3-4,6-7,16H,1-2,5,13H2. The van der Waals surface area contributed by atoms with Gasteiger partial charge in [0.15, 0.2) is 5.82 Å². The number of nitrogens with zero attached hydrogens (tertiary/aromatic N) is 2. The number of hydrogen-bond acceptors (Lipinski definition) is 5. The number of aromatic hydroxyl groups is 1. The number of rotatable bonds is 3. The molecule has 0 amide bonds. The van der Waals surface area contributed by atoms with Gasteiger partial charge in [0, 0.05) is 18.2 Å². The van der Waals surface area contributed by atoms with E-state index in [0.29, 0.717) is 28.9 Å². The van der Waals surface area contributed by atoms with Crippen LogP contribution in [0.3, 0.4) is 0 Å². The van der Waals surface area contributed by atoms with Gasteiger partial charge in [-0.3, -0.25) is 0 Å². The van der Waals surface area contributed by atoms with Gasteiger partial charge < -0.3 is 15.4 Å². The highest BCUT2D eigenvalue weighted by Gasteiger charge is 2.24. The maximum atomic E-state index is 9.74. The lowest BCUT2D eigenvalue weighted by molar-refractivity contribution is 0.416. The summed E-state index contributed by atoms with van der Waals surface area (Å²) in [6.07, 6.45) is 3.35.